The first kappa shape index (κ1) is 15.2. The van der Waals surface area contributed by atoms with Crippen LogP contribution in [0, 0.1) is 0 Å². The molecule has 1 aromatic rings. The summed E-state index contributed by atoms with van der Waals surface area (Å²) < 4.78 is 28.4. The Kier molecular flexibility index (Phi) is 4.95. The molecular weight excluding hydrogens is 276 g/mol. The van der Waals surface area contributed by atoms with E-state index in [-0.39, 0.29) is 6.54 Å². The van der Waals surface area contributed by atoms with E-state index in [0.717, 1.165) is 30.6 Å². The van der Waals surface area contributed by atoms with Crippen LogP contribution in [-0.4, -0.2) is 44.9 Å². The fourth-order valence-corrected chi connectivity index (χ4v) is 3.43. The molecule has 1 aliphatic heterocycles. The van der Waals surface area contributed by atoms with E-state index in [1.165, 1.54) is 4.31 Å². The zero-order valence-corrected chi connectivity index (χ0v) is 12.9. The average Bonchev–Trinajstić information content (AvgIpc) is 2.46. The van der Waals surface area contributed by atoms with Crippen molar-refractivity contribution >= 4 is 16.0 Å². The molecule has 6 nitrogen and oxygen atoms in total. The molecule has 0 unspecified atom stereocenters. The molecule has 1 N–H and O–H groups in total. The van der Waals surface area contributed by atoms with Gasteiger partial charge in [0.15, 0.2) is 0 Å². The lowest BCUT2D eigenvalue weighted by Gasteiger charge is -2.25. The van der Waals surface area contributed by atoms with Crippen LogP contribution in [0.4, 0.5) is 5.82 Å². The molecule has 7 heteroatoms. The second-order valence-corrected chi connectivity index (χ2v) is 6.96. The molecule has 0 saturated carbocycles. The fraction of sp³-hybridized carbons (Fsp3) is 0.615. The molecule has 1 aromatic heterocycles. The Hall–Kier alpha value is -1.18. The number of piperidine rings is 1. The third-order valence-corrected chi connectivity index (χ3v) is 4.94. The van der Waals surface area contributed by atoms with Gasteiger partial charge in [-0.05, 0) is 24.5 Å². The number of pyridine rings is 1. The molecule has 1 fully saturated rings. The topological polar surface area (TPSA) is 65.5 Å². The first-order valence-electron chi connectivity index (χ1n) is 6.86. The molecule has 20 heavy (non-hydrogen) atoms. The Morgan fingerprint density at radius 3 is 2.50 bits per heavy atom. The molecule has 2 rings (SSSR count). The van der Waals surface area contributed by atoms with Gasteiger partial charge in [0.2, 0.25) is 0 Å². The van der Waals surface area contributed by atoms with Crippen molar-refractivity contribution in [3.63, 3.8) is 0 Å². The van der Waals surface area contributed by atoms with E-state index < -0.39 is 10.2 Å². The summed E-state index contributed by atoms with van der Waals surface area (Å²) in [5, 5.41) is 0. The SMILES string of the molecule is CN(C)c1ccc(CNS(=O)(=O)N2CCCCC2)cn1. The number of aromatic nitrogens is 1. The van der Waals surface area contributed by atoms with Crippen LogP contribution in [0.3, 0.4) is 0 Å². The summed E-state index contributed by atoms with van der Waals surface area (Å²) in [4.78, 5) is 6.17. The Bertz CT molecular complexity index is 522. The van der Waals surface area contributed by atoms with Gasteiger partial charge in [-0.1, -0.05) is 12.5 Å². The molecule has 0 spiro atoms. The lowest BCUT2D eigenvalue weighted by atomic mass is 10.2. The number of nitrogens with zero attached hydrogens (tertiary/aromatic N) is 3. The Morgan fingerprint density at radius 2 is 1.95 bits per heavy atom. The maximum absolute atomic E-state index is 12.1. The fourth-order valence-electron chi connectivity index (χ4n) is 2.16. The van der Waals surface area contributed by atoms with Gasteiger partial charge in [0.05, 0.1) is 0 Å². The van der Waals surface area contributed by atoms with Crippen molar-refractivity contribution in [2.24, 2.45) is 0 Å². The van der Waals surface area contributed by atoms with Crippen LogP contribution < -0.4 is 9.62 Å². The van der Waals surface area contributed by atoms with Gasteiger partial charge in [0.1, 0.15) is 5.82 Å². The lowest BCUT2D eigenvalue weighted by Crippen LogP contribution is -2.43. The number of rotatable bonds is 5. The van der Waals surface area contributed by atoms with Crippen molar-refractivity contribution < 1.29 is 8.42 Å². The Morgan fingerprint density at radius 1 is 1.25 bits per heavy atom. The summed E-state index contributed by atoms with van der Waals surface area (Å²) in [5.74, 6) is 0.854. The van der Waals surface area contributed by atoms with Gasteiger partial charge in [-0.2, -0.15) is 17.4 Å². The molecule has 0 atom stereocenters. The normalized spacial score (nSPS) is 17.1. The van der Waals surface area contributed by atoms with Gasteiger partial charge in [0, 0.05) is 39.9 Å². The second-order valence-electron chi connectivity index (χ2n) is 5.20. The zero-order chi connectivity index (χ0) is 14.6. The van der Waals surface area contributed by atoms with E-state index in [2.05, 4.69) is 9.71 Å². The van der Waals surface area contributed by atoms with E-state index in [0.29, 0.717) is 13.1 Å². The first-order valence-corrected chi connectivity index (χ1v) is 8.30. The van der Waals surface area contributed by atoms with Crippen molar-refractivity contribution in [2.45, 2.75) is 25.8 Å². The van der Waals surface area contributed by atoms with Crippen molar-refractivity contribution in [3.05, 3.63) is 23.9 Å². The minimum absolute atomic E-state index is 0.277. The van der Waals surface area contributed by atoms with Crippen LogP contribution in [-0.2, 0) is 16.8 Å². The van der Waals surface area contributed by atoms with Crippen LogP contribution in [0.15, 0.2) is 18.3 Å². The second kappa shape index (κ2) is 6.51. The smallest absolute Gasteiger partial charge is 0.279 e. The molecule has 0 aliphatic carbocycles. The molecule has 112 valence electrons. The third kappa shape index (κ3) is 3.91. The first-order chi connectivity index (χ1) is 9.49. The Balaban J connectivity index is 1.93. The Labute approximate surface area is 121 Å². The van der Waals surface area contributed by atoms with E-state index in [4.69, 9.17) is 0 Å². The van der Waals surface area contributed by atoms with Gasteiger partial charge in [-0.15, -0.1) is 0 Å². The van der Waals surface area contributed by atoms with Gasteiger partial charge >= 0.3 is 0 Å². The molecule has 1 saturated heterocycles. The number of anilines is 1. The highest BCUT2D eigenvalue weighted by Crippen LogP contribution is 2.13. The van der Waals surface area contributed by atoms with Crippen LogP contribution >= 0.6 is 0 Å². The summed E-state index contributed by atoms with van der Waals surface area (Å²) in [5.41, 5.74) is 0.858. The highest BCUT2D eigenvalue weighted by Gasteiger charge is 2.23. The summed E-state index contributed by atoms with van der Waals surface area (Å²) in [6.07, 6.45) is 4.70. The predicted octanol–water partition coefficient (Wildman–Crippen LogP) is 0.968. The molecule has 0 amide bonds. The van der Waals surface area contributed by atoms with Gasteiger partial charge in [-0.25, -0.2) is 4.98 Å². The van der Waals surface area contributed by atoms with Crippen molar-refractivity contribution in [1.82, 2.24) is 14.0 Å². The highest BCUT2D eigenvalue weighted by atomic mass is 32.2. The average molecular weight is 298 g/mol. The highest BCUT2D eigenvalue weighted by molar-refractivity contribution is 7.87. The summed E-state index contributed by atoms with van der Waals surface area (Å²) in [6.45, 7) is 1.51. The number of nitrogens with one attached hydrogen (secondary N) is 1. The van der Waals surface area contributed by atoms with Crippen molar-refractivity contribution in [3.8, 4) is 0 Å². The van der Waals surface area contributed by atoms with Crippen LogP contribution in [0.2, 0.25) is 0 Å². The largest absolute Gasteiger partial charge is 0.363 e. The maximum atomic E-state index is 12.1. The van der Waals surface area contributed by atoms with E-state index in [1.807, 2.05) is 31.1 Å². The van der Waals surface area contributed by atoms with Crippen molar-refractivity contribution in [2.75, 3.05) is 32.1 Å². The van der Waals surface area contributed by atoms with Gasteiger partial charge in [-0.3, -0.25) is 0 Å². The summed E-state index contributed by atoms with van der Waals surface area (Å²) in [7, 11) is 0.473. The molecule has 0 aromatic carbocycles. The summed E-state index contributed by atoms with van der Waals surface area (Å²) >= 11 is 0. The van der Waals surface area contributed by atoms with E-state index >= 15 is 0 Å². The maximum Gasteiger partial charge on any atom is 0.279 e. The number of hydrogen-bond acceptors (Lipinski definition) is 4. The minimum atomic E-state index is -3.36. The molecule has 1 aliphatic rings. The van der Waals surface area contributed by atoms with Crippen LogP contribution in [0.25, 0.3) is 0 Å². The van der Waals surface area contributed by atoms with Gasteiger partial charge < -0.3 is 4.90 Å². The molecule has 2 heterocycles. The third-order valence-electron chi connectivity index (χ3n) is 3.38. The lowest BCUT2D eigenvalue weighted by molar-refractivity contribution is 0.341. The zero-order valence-electron chi connectivity index (χ0n) is 12.0. The molecule has 0 bridgehead atoms. The number of hydrogen-bond donors (Lipinski definition) is 1. The van der Waals surface area contributed by atoms with Crippen LogP contribution in [0.5, 0.6) is 0 Å². The predicted molar refractivity (Wildman–Crippen MR) is 79.7 cm³/mol. The van der Waals surface area contributed by atoms with Gasteiger partial charge in [0.25, 0.3) is 10.2 Å². The molecular formula is C13H22N4O2S. The monoisotopic (exact) mass is 298 g/mol. The standard InChI is InChI=1S/C13H22N4O2S/c1-16(2)13-7-6-12(10-14-13)11-15-20(18,19)17-8-4-3-5-9-17/h6-7,10,15H,3-5,8-9,11H2,1-2H3. The van der Waals surface area contributed by atoms with Crippen molar-refractivity contribution in [1.29, 1.82) is 0 Å². The quantitative estimate of drug-likeness (QED) is 0.879. The van der Waals surface area contributed by atoms with E-state index in [1.54, 1.807) is 6.20 Å². The van der Waals surface area contributed by atoms with E-state index in [9.17, 15) is 8.42 Å². The minimum Gasteiger partial charge on any atom is -0.363 e. The molecule has 0 radical (unpaired) electrons. The van der Waals surface area contributed by atoms with Crippen LogP contribution in [0.1, 0.15) is 24.8 Å². The summed E-state index contributed by atoms with van der Waals surface area (Å²) in [6, 6.07) is 3.77.